The molecule has 4 nitrogen and oxygen atoms in total. The lowest BCUT2D eigenvalue weighted by Gasteiger charge is -2.06. The molecule has 0 saturated heterocycles. The monoisotopic (exact) mass is 338 g/mol. The Morgan fingerprint density at radius 3 is 3.04 bits per heavy atom. The van der Waals surface area contributed by atoms with Crippen LogP contribution in [-0.4, -0.2) is 16.6 Å². The molecule has 3 aromatic rings. The molecular weight excluding hydrogens is 320 g/mol. The van der Waals surface area contributed by atoms with Crippen LogP contribution in [0.5, 0.6) is 5.75 Å². The van der Waals surface area contributed by atoms with Gasteiger partial charge in [0.25, 0.3) is 5.56 Å². The largest absolute Gasteiger partial charge is 0.493 e. The van der Waals surface area contributed by atoms with Crippen LogP contribution in [0.15, 0.2) is 29.1 Å². The molecule has 0 bridgehead atoms. The molecule has 2 heterocycles. The van der Waals surface area contributed by atoms with Crippen molar-refractivity contribution in [2.24, 2.45) is 0 Å². The lowest BCUT2D eigenvalue weighted by molar-refractivity contribution is 0.339. The Bertz CT molecular complexity index is 985. The maximum absolute atomic E-state index is 12.5. The molecule has 0 atom stereocenters. The van der Waals surface area contributed by atoms with Crippen molar-refractivity contribution in [3.8, 4) is 5.75 Å². The molecular formula is C19H18N2O2S. The summed E-state index contributed by atoms with van der Waals surface area (Å²) in [6.07, 6.45) is 6.98. The van der Waals surface area contributed by atoms with Gasteiger partial charge in [-0.1, -0.05) is 18.2 Å². The van der Waals surface area contributed by atoms with E-state index in [9.17, 15) is 4.79 Å². The van der Waals surface area contributed by atoms with Crippen molar-refractivity contribution in [1.29, 1.82) is 0 Å². The molecule has 1 aromatic carbocycles. The van der Waals surface area contributed by atoms with Crippen molar-refractivity contribution in [3.05, 3.63) is 56.4 Å². The van der Waals surface area contributed by atoms with Gasteiger partial charge in [0, 0.05) is 10.4 Å². The van der Waals surface area contributed by atoms with Crippen LogP contribution in [0.1, 0.15) is 35.2 Å². The molecule has 24 heavy (non-hydrogen) atoms. The van der Waals surface area contributed by atoms with Crippen LogP contribution >= 0.6 is 11.3 Å². The first kappa shape index (κ1) is 15.1. The van der Waals surface area contributed by atoms with Gasteiger partial charge < -0.3 is 9.72 Å². The SMILES string of the molecule is CCOc1ccccc1/C=C/c1nc2sc3c(c2c(=O)[nH]1)CCC3. The molecule has 0 aliphatic heterocycles. The molecule has 0 radical (unpaired) electrons. The fourth-order valence-electron chi connectivity index (χ4n) is 3.17. The first-order chi connectivity index (χ1) is 11.8. The summed E-state index contributed by atoms with van der Waals surface area (Å²) in [5.41, 5.74) is 2.15. The van der Waals surface area contributed by atoms with E-state index in [-0.39, 0.29) is 5.56 Å². The van der Waals surface area contributed by atoms with E-state index in [1.807, 2.05) is 43.3 Å². The van der Waals surface area contributed by atoms with Crippen LogP contribution < -0.4 is 10.3 Å². The molecule has 4 rings (SSSR count). The Hall–Kier alpha value is -2.40. The third-order valence-corrected chi connectivity index (χ3v) is 5.42. The summed E-state index contributed by atoms with van der Waals surface area (Å²) in [7, 11) is 0. The van der Waals surface area contributed by atoms with E-state index >= 15 is 0 Å². The second-order valence-electron chi connectivity index (χ2n) is 5.79. The van der Waals surface area contributed by atoms with Gasteiger partial charge in [-0.15, -0.1) is 11.3 Å². The standard InChI is InChI=1S/C19H18N2O2S/c1-2-23-14-8-4-3-6-12(14)10-11-16-20-18(22)17-13-7-5-9-15(13)24-19(17)21-16/h3-4,6,8,10-11H,2,5,7,9H2,1H3,(H,20,21,22)/b11-10+. The fraction of sp³-hybridized carbons (Fsp3) is 0.263. The molecule has 0 amide bonds. The van der Waals surface area contributed by atoms with Crippen LogP contribution in [0.4, 0.5) is 0 Å². The Balaban J connectivity index is 1.72. The van der Waals surface area contributed by atoms with Crippen LogP contribution in [0.3, 0.4) is 0 Å². The predicted octanol–water partition coefficient (Wildman–Crippen LogP) is 4.04. The van der Waals surface area contributed by atoms with E-state index in [0.29, 0.717) is 12.4 Å². The van der Waals surface area contributed by atoms with Crippen LogP contribution in [0.25, 0.3) is 22.4 Å². The zero-order valence-electron chi connectivity index (χ0n) is 13.5. The van der Waals surface area contributed by atoms with Crippen LogP contribution in [-0.2, 0) is 12.8 Å². The Kier molecular flexibility index (Phi) is 3.94. The van der Waals surface area contributed by atoms with Crippen LogP contribution in [0, 0.1) is 0 Å². The highest BCUT2D eigenvalue weighted by Gasteiger charge is 2.20. The zero-order chi connectivity index (χ0) is 16.5. The molecule has 5 heteroatoms. The minimum atomic E-state index is -0.0304. The number of nitrogens with one attached hydrogen (secondary N) is 1. The molecule has 2 aromatic heterocycles. The number of rotatable bonds is 4. The van der Waals surface area contributed by atoms with Crippen molar-refractivity contribution >= 4 is 33.7 Å². The van der Waals surface area contributed by atoms with Crippen molar-refractivity contribution in [2.45, 2.75) is 26.2 Å². The summed E-state index contributed by atoms with van der Waals surface area (Å²) in [4.78, 5) is 22.2. The molecule has 0 spiro atoms. The predicted molar refractivity (Wildman–Crippen MR) is 98.8 cm³/mol. The van der Waals surface area contributed by atoms with Gasteiger partial charge >= 0.3 is 0 Å². The number of fused-ring (bicyclic) bond motifs is 3. The van der Waals surface area contributed by atoms with Gasteiger partial charge in [0.1, 0.15) is 16.4 Å². The number of hydrogen-bond donors (Lipinski definition) is 1. The number of thiophene rings is 1. The van der Waals surface area contributed by atoms with Crippen molar-refractivity contribution in [1.82, 2.24) is 9.97 Å². The number of ether oxygens (including phenoxy) is 1. The molecule has 1 aliphatic rings. The summed E-state index contributed by atoms with van der Waals surface area (Å²) >= 11 is 1.66. The highest BCUT2D eigenvalue weighted by Crippen LogP contribution is 2.34. The van der Waals surface area contributed by atoms with E-state index in [1.54, 1.807) is 11.3 Å². The summed E-state index contributed by atoms with van der Waals surface area (Å²) in [5.74, 6) is 1.41. The highest BCUT2D eigenvalue weighted by molar-refractivity contribution is 7.18. The Morgan fingerprint density at radius 2 is 2.17 bits per heavy atom. The number of nitrogens with zero attached hydrogens (tertiary/aromatic N) is 1. The van der Waals surface area contributed by atoms with Gasteiger partial charge in [0.05, 0.1) is 12.0 Å². The number of H-pyrrole nitrogens is 1. The van der Waals surface area contributed by atoms with Crippen molar-refractivity contribution < 1.29 is 4.74 Å². The second-order valence-corrected chi connectivity index (χ2v) is 6.88. The van der Waals surface area contributed by atoms with E-state index < -0.39 is 0 Å². The third kappa shape index (κ3) is 2.65. The zero-order valence-corrected chi connectivity index (χ0v) is 14.3. The topological polar surface area (TPSA) is 55.0 Å². The van der Waals surface area contributed by atoms with Gasteiger partial charge in [-0.2, -0.15) is 0 Å². The minimum absolute atomic E-state index is 0.0304. The maximum atomic E-state index is 12.5. The van der Waals surface area contributed by atoms with Gasteiger partial charge in [0.15, 0.2) is 0 Å². The average molecular weight is 338 g/mol. The van der Waals surface area contributed by atoms with Crippen LogP contribution in [0.2, 0.25) is 0 Å². The first-order valence-electron chi connectivity index (χ1n) is 8.20. The van der Waals surface area contributed by atoms with Gasteiger partial charge in [0.2, 0.25) is 0 Å². The summed E-state index contributed by atoms with van der Waals surface area (Å²) in [6.45, 7) is 2.58. The quantitative estimate of drug-likeness (QED) is 0.781. The average Bonchev–Trinajstić information content (AvgIpc) is 3.14. The van der Waals surface area contributed by atoms with E-state index in [0.717, 1.165) is 40.8 Å². The number of benzene rings is 1. The lowest BCUT2D eigenvalue weighted by Crippen LogP contribution is -2.09. The Morgan fingerprint density at radius 1 is 1.29 bits per heavy atom. The molecule has 1 aliphatic carbocycles. The molecule has 0 saturated carbocycles. The van der Waals surface area contributed by atoms with Crippen molar-refractivity contribution in [3.63, 3.8) is 0 Å². The van der Waals surface area contributed by atoms with Gasteiger partial charge in [-0.05, 0) is 50.0 Å². The number of para-hydroxylation sites is 1. The lowest BCUT2D eigenvalue weighted by atomic mass is 10.2. The Labute approximate surface area is 143 Å². The van der Waals surface area contributed by atoms with Crippen molar-refractivity contribution in [2.75, 3.05) is 6.61 Å². The molecule has 1 N–H and O–H groups in total. The highest BCUT2D eigenvalue weighted by atomic mass is 32.1. The second kappa shape index (κ2) is 6.24. The molecule has 122 valence electrons. The van der Waals surface area contributed by atoms with E-state index in [2.05, 4.69) is 9.97 Å². The van der Waals surface area contributed by atoms with E-state index in [1.165, 1.54) is 10.4 Å². The molecule has 0 fully saturated rings. The number of aromatic nitrogens is 2. The normalized spacial score (nSPS) is 13.7. The number of aromatic amines is 1. The van der Waals surface area contributed by atoms with E-state index in [4.69, 9.17) is 4.74 Å². The number of aryl methyl sites for hydroxylation is 2. The maximum Gasteiger partial charge on any atom is 0.260 e. The smallest absolute Gasteiger partial charge is 0.260 e. The molecule has 0 unspecified atom stereocenters. The minimum Gasteiger partial charge on any atom is -0.493 e. The summed E-state index contributed by atoms with van der Waals surface area (Å²) in [6, 6.07) is 7.83. The summed E-state index contributed by atoms with van der Waals surface area (Å²) < 4.78 is 5.62. The summed E-state index contributed by atoms with van der Waals surface area (Å²) in [5, 5.41) is 0.791. The fourth-order valence-corrected chi connectivity index (χ4v) is 4.44. The van der Waals surface area contributed by atoms with Gasteiger partial charge in [-0.3, -0.25) is 4.79 Å². The van der Waals surface area contributed by atoms with Gasteiger partial charge in [-0.25, -0.2) is 4.98 Å². The first-order valence-corrected chi connectivity index (χ1v) is 9.02. The number of hydrogen-bond acceptors (Lipinski definition) is 4. The third-order valence-electron chi connectivity index (χ3n) is 4.23.